The molecule has 1 heterocycles. The smallest absolute Gasteiger partial charge is 0.291 e. The summed E-state index contributed by atoms with van der Waals surface area (Å²) in [6.45, 7) is 1.86. The molecule has 0 unspecified atom stereocenters. The van der Waals surface area contributed by atoms with Gasteiger partial charge in [-0.1, -0.05) is 29.3 Å². The number of ether oxygens (including phenoxy) is 1. The van der Waals surface area contributed by atoms with Crippen LogP contribution in [0.15, 0.2) is 52.9 Å². The lowest BCUT2D eigenvalue weighted by Gasteiger charge is -2.08. The normalized spacial score (nSPS) is 10.6. The molecule has 134 valence electrons. The molecule has 0 saturated heterocycles. The summed E-state index contributed by atoms with van der Waals surface area (Å²) in [6, 6.07) is 12.2. The van der Waals surface area contributed by atoms with Gasteiger partial charge in [0.2, 0.25) is 0 Å². The van der Waals surface area contributed by atoms with E-state index in [1.807, 2.05) is 6.92 Å². The van der Waals surface area contributed by atoms with Crippen LogP contribution in [0.1, 0.15) is 21.9 Å². The van der Waals surface area contributed by atoms with Crippen molar-refractivity contribution < 1.29 is 18.3 Å². The second-order valence-corrected chi connectivity index (χ2v) is 6.31. The second-order valence-electron chi connectivity index (χ2n) is 5.50. The summed E-state index contributed by atoms with van der Waals surface area (Å²) in [5.41, 5.74) is 1.37. The van der Waals surface area contributed by atoms with E-state index in [0.29, 0.717) is 22.2 Å². The second kappa shape index (κ2) is 7.81. The van der Waals surface area contributed by atoms with E-state index in [0.717, 1.165) is 11.6 Å². The molecule has 0 saturated carbocycles. The van der Waals surface area contributed by atoms with Gasteiger partial charge in [-0.2, -0.15) is 0 Å². The van der Waals surface area contributed by atoms with Gasteiger partial charge in [0.25, 0.3) is 5.91 Å². The van der Waals surface area contributed by atoms with Gasteiger partial charge in [-0.25, -0.2) is 4.39 Å². The third kappa shape index (κ3) is 4.18. The van der Waals surface area contributed by atoms with Crippen molar-refractivity contribution in [2.45, 2.75) is 13.5 Å². The van der Waals surface area contributed by atoms with Crippen LogP contribution in [0.5, 0.6) is 5.75 Å². The molecule has 3 aromatic rings. The van der Waals surface area contributed by atoms with Gasteiger partial charge in [-0.15, -0.1) is 0 Å². The fraction of sp³-hybridized carbons (Fsp3) is 0.105. The molecule has 26 heavy (non-hydrogen) atoms. The molecule has 0 fully saturated rings. The lowest BCUT2D eigenvalue weighted by atomic mass is 10.2. The Kier molecular flexibility index (Phi) is 5.49. The number of amides is 1. The summed E-state index contributed by atoms with van der Waals surface area (Å²) >= 11 is 11.9. The maximum Gasteiger partial charge on any atom is 0.291 e. The zero-order valence-corrected chi connectivity index (χ0v) is 15.2. The van der Waals surface area contributed by atoms with Gasteiger partial charge in [0.1, 0.15) is 23.9 Å². The summed E-state index contributed by atoms with van der Waals surface area (Å²) < 4.78 is 24.0. The third-order valence-corrected chi connectivity index (χ3v) is 4.37. The number of anilines is 1. The number of hydrogen-bond acceptors (Lipinski definition) is 3. The van der Waals surface area contributed by atoms with E-state index < -0.39 is 11.7 Å². The van der Waals surface area contributed by atoms with Crippen molar-refractivity contribution in [3.63, 3.8) is 0 Å². The zero-order chi connectivity index (χ0) is 18.7. The van der Waals surface area contributed by atoms with Gasteiger partial charge >= 0.3 is 0 Å². The van der Waals surface area contributed by atoms with Crippen LogP contribution in [-0.2, 0) is 6.61 Å². The van der Waals surface area contributed by atoms with Crippen LogP contribution in [0.3, 0.4) is 0 Å². The van der Waals surface area contributed by atoms with Gasteiger partial charge < -0.3 is 14.5 Å². The van der Waals surface area contributed by atoms with Crippen LogP contribution in [0, 0.1) is 12.7 Å². The number of carbonyl (C=O) groups excluding carboxylic acids is 1. The molecule has 0 radical (unpaired) electrons. The lowest BCUT2D eigenvalue weighted by molar-refractivity contribution is 0.0992. The molecular weight excluding hydrogens is 380 g/mol. The minimum Gasteiger partial charge on any atom is -0.484 e. The molecule has 7 heteroatoms. The van der Waals surface area contributed by atoms with Crippen molar-refractivity contribution in [2.24, 2.45) is 0 Å². The first kappa shape index (κ1) is 18.3. The van der Waals surface area contributed by atoms with Crippen molar-refractivity contribution in [2.75, 3.05) is 5.32 Å². The van der Waals surface area contributed by atoms with E-state index in [4.69, 9.17) is 32.4 Å². The van der Waals surface area contributed by atoms with Crippen molar-refractivity contribution in [1.82, 2.24) is 0 Å². The summed E-state index contributed by atoms with van der Waals surface area (Å²) in [5, 5.41) is 3.47. The van der Waals surface area contributed by atoms with Gasteiger partial charge in [0, 0.05) is 10.7 Å². The molecule has 2 aromatic carbocycles. The molecule has 0 atom stereocenters. The Hall–Kier alpha value is -2.50. The van der Waals surface area contributed by atoms with Crippen LogP contribution in [-0.4, -0.2) is 5.91 Å². The Morgan fingerprint density at radius 1 is 1.15 bits per heavy atom. The Balaban J connectivity index is 1.65. The standard InChI is InChI=1S/C19H14Cl2FNO3/c1-11-14(20)3-2-4-16(11)23-19(24)18-8-6-13(26-18)10-25-17-7-5-12(22)9-15(17)21/h2-9H,10H2,1H3,(H,23,24). The number of benzene rings is 2. The average molecular weight is 394 g/mol. The van der Waals surface area contributed by atoms with Crippen LogP contribution < -0.4 is 10.1 Å². The highest BCUT2D eigenvalue weighted by Crippen LogP contribution is 2.26. The SMILES string of the molecule is Cc1c(Cl)cccc1NC(=O)c1ccc(COc2ccc(F)cc2Cl)o1. The first-order chi connectivity index (χ1) is 12.4. The lowest BCUT2D eigenvalue weighted by Crippen LogP contribution is -2.12. The predicted molar refractivity (Wildman–Crippen MR) is 98.6 cm³/mol. The van der Waals surface area contributed by atoms with Crippen molar-refractivity contribution in [3.05, 3.63) is 81.5 Å². The molecule has 0 spiro atoms. The molecule has 0 bridgehead atoms. The minimum absolute atomic E-state index is 0.0504. The van der Waals surface area contributed by atoms with Crippen molar-refractivity contribution in [3.8, 4) is 5.75 Å². The highest BCUT2D eigenvalue weighted by Gasteiger charge is 2.14. The molecule has 1 aromatic heterocycles. The van der Waals surface area contributed by atoms with E-state index in [9.17, 15) is 9.18 Å². The zero-order valence-electron chi connectivity index (χ0n) is 13.7. The number of hydrogen-bond donors (Lipinski definition) is 1. The number of halogens is 3. The van der Waals surface area contributed by atoms with Crippen LogP contribution in [0.2, 0.25) is 10.0 Å². The summed E-state index contributed by atoms with van der Waals surface area (Å²) in [4.78, 5) is 12.3. The van der Waals surface area contributed by atoms with E-state index >= 15 is 0 Å². The fourth-order valence-electron chi connectivity index (χ4n) is 2.25. The van der Waals surface area contributed by atoms with E-state index in [1.165, 1.54) is 12.1 Å². The Labute approximate surface area is 159 Å². The molecule has 0 aliphatic heterocycles. The number of carbonyl (C=O) groups is 1. The molecule has 1 amide bonds. The Bertz CT molecular complexity index is 956. The summed E-state index contributed by atoms with van der Waals surface area (Å²) in [5.74, 6) is 0.0357. The maximum absolute atomic E-state index is 13.0. The molecule has 4 nitrogen and oxygen atoms in total. The Morgan fingerprint density at radius 3 is 2.73 bits per heavy atom. The fourth-order valence-corrected chi connectivity index (χ4v) is 2.64. The van der Waals surface area contributed by atoms with Crippen molar-refractivity contribution in [1.29, 1.82) is 0 Å². The average Bonchev–Trinajstić information content (AvgIpc) is 3.07. The molecular formula is C19H14Cl2FNO3. The van der Waals surface area contributed by atoms with Gasteiger partial charge in [0.15, 0.2) is 5.76 Å². The molecule has 0 aliphatic carbocycles. The number of furan rings is 1. The molecule has 1 N–H and O–H groups in total. The predicted octanol–water partition coefficient (Wildman–Crippen LogP) is 5.87. The van der Waals surface area contributed by atoms with E-state index in [1.54, 1.807) is 30.3 Å². The topological polar surface area (TPSA) is 51.5 Å². The van der Waals surface area contributed by atoms with Gasteiger partial charge in [-0.05, 0) is 55.0 Å². The summed E-state index contributed by atoms with van der Waals surface area (Å²) in [6.07, 6.45) is 0. The highest BCUT2D eigenvalue weighted by atomic mass is 35.5. The van der Waals surface area contributed by atoms with Crippen molar-refractivity contribution >= 4 is 34.8 Å². The summed E-state index contributed by atoms with van der Waals surface area (Å²) in [7, 11) is 0. The Morgan fingerprint density at radius 2 is 1.96 bits per heavy atom. The van der Waals surface area contributed by atoms with E-state index in [-0.39, 0.29) is 17.4 Å². The van der Waals surface area contributed by atoms with Crippen LogP contribution >= 0.6 is 23.2 Å². The van der Waals surface area contributed by atoms with Crippen LogP contribution in [0.4, 0.5) is 10.1 Å². The van der Waals surface area contributed by atoms with Crippen LogP contribution in [0.25, 0.3) is 0 Å². The molecule has 0 aliphatic rings. The first-order valence-corrected chi connectivity index (χ1v) is 8.42. The first-order valence-electron chi connectivity index (χ1n) is 7.67. The maximum atomic E-state index is 13.0. The quantitative estimate of drug-likeness (QED) is 0.589. The highest BCUT2D eigenvalue weighted by molar-refractivity contribution is 6.32. The van der Waals surface area contributed by atoms with E-state index in [2.05, 4.69) is 5.32 Å². The van der Waals surface area contributed by atoms with Gasteiger partial charge in [-0.3, -0.25) is 4.79 Å². The monoisotopic (exact) mass is 393 g/mol. The minimum atomic E-state index is -0.449. The third-order valence-electron chi connectivity index (χ3n) is 3.67. The number of nitrogens with one attached hydrogen (secondary N) is 1. The van der Waals surface area contributed by atoms with Gasteiger partial charge in [0.05, 0.1) is 5.02 Å². The number of rotatable bonds is 5. The molecule has 3 rings (SSSR count). The largest absolute Gasteiger partial charge is 0.484 e.